The Morgan fingerprint density at radius 1 is 1.50 bits per heavy atom. The second kappa shape index (κ2) is 3.03. The van der Waals surface area contributed by atoms with Crippen molar-refractivity contribution in [2.45, 2.75) is 12.5 Å². The lowest BCUT2D eigenvalue weighted by Gasteiger charge is -2.21. The second-order valence-corrected chi connectivity index (χ2v) is 4.09. The predicted molar refractivity (Wildman–Crippen MR) is 52.0 cm³/mol. The summed E-state index contributed by atoms with van der Waals surface area (Å²) in [5.41, 5.74) is 0. The summed E-state index contributed by atoms with van der Waals surface area (Å²) in [7, 11) is 0. The maximum absolute atomic E-state index is 11.4. The van der Waals surface area contributed by atoms with Crippen LogP contribution in [0.3, 0.4) is 0 Å². The van der Waals surface area contributed by atoms with Gasteiger partial charge in [-0.15, -0.1) is 0 Å². The summed E-state index contributed by atoms with van der Waals surface area (Å²) in [6, 6.07) is 0.594. The molecule has 0 radical (unpaired) electrons. The lowest BCUT2D eigenvalue weighted by atomic mass is 10.2. The Morgan fingerprint density at radius 3 is 3.14 bits per heavy atom. The SMILES string of the molecule is O=C1CN=C2CN(C3CCNC3)CN12. The van der Waals surface area contributed by atoms with Crippen LogP contribution in [0.15, 0.2) is 4.99 Å². The normalized spacial score (nSPS) is 32.6. The zero-order valence-corrected chi connectivity index (χ0v) is 8.07. The van der Waals surface area contributed by atoms with Gasteiger partial charge in [0.25, 0.3) is 5.91 Å². The maximum Gasteiger partial charge on any atom is 0.250 e. The molecule has 3 rings (SSSR count). The number of fused-ring (bicyclic) bond motifs is 1. The molecule has 1 atom stereocenters. The largest absolute Gasteiger partial charge is 0.315 e. The lowest BCUT2D eigenvalue weighted by molar-refractivity contribution is -0.125. The molecule has 0 aliphatic carbocycles. The number of aliphatic imine (C=N–C) groups is 1. The van der Waals surface area contributed by atoms with Crippen molar-refractivity contribution in [1.29, 1.82) is 0 Å². The predicted octanol–water partition coefficient (Wildman–Crippen LogP) is -1.14. The maximum atomic E-state index is 11.4. The van der Waals surface area contributed by atoms with Crippen LogP contribution < -0.4 is 5.32 Å². The van der Waals surface area contributed by atoms with E-state index < -0.39 is 0 Å². The van der Waals surface area contributed by atoms with Crippen LogP contribution in [-0.4, -0.2) is 60.4 Å². The molecule has 14 heavy (non-hydrogen) atoms. The molecule has 1 unspecified atom stereocenters. The van der Waals surface area contributed by atoms with Gasteiger partial charge in [-0.1, -0.05) is 0 Å². The van der Waals surface area contributed by atoms with Crippen molar-refractivity contribution >= 4 is 11.7 Å². The van der Waals surface area contributed by atoms with Crippen LogP contribution in [0.1, 0.15) is 6.42 Å². The first kappa shape index (κ1) is 8.38. The van der Waals surface area contributed by atoms with Gasteiger partial charge in [-0.3, -0.25) is 19.6 Å². The summed E-state index contributed by atoms with van der Waals surface area (Å²) in [5, 5.41) is 3.34. The fourth-order valence-corrected chi connectivity index (χ4v) is 2.38. The van der Waals surface area contributed by atoms with Crippen LogP contribution >= 0.6 is 0 Å². The zero-order chi connectivity index (χ0) is 9.54. The Labute approximate surface area is 82.8 Å². The molecule has 3 aliphatic heterocycles. The van der Waals surface area contributed by atoms with E-state index in [9.17, 15) is 4.79 Å². The molecule has 0 aromatic rings. The van der Waals surface area contributed by atoms with Gasteiger partial charge < -0.3 is 5.32 Å². The minimum atomic E-state index is 0.161. The van der Waals surface area contributed by atoms with Crippen molar-refractivity contribution in [2.75, 3.05) is 32.8 Å². The van der Waals surface area contributed by atoms with Crippen LogP contribution in [0.4, 0.5) is 0 Å². The number of nitrogens with zero attached hydrogens (tertiary/aromatic N) is 3. The van der Waals surface area contributed by atoms with Gasteiger partial charge in [0, 0.05) is 12.6 Å². The van der Waals surface area contributed by atoms with Gasteiger partial charge in [0.05, 0.1) is 13.2 Å². The van der Waals surface area contributed by atoms with E-state index in [0.717, 1.165) is 32.1 Å². The molecule has 0 aromatic carbocycles. The smallest absolute Gasteiger partial charge is 0.250 e. The number of nitrogens with one attached hydrogen (secondary N) is 1. The molecule has 1 N–H and O–H groups in total. The van der Waals surface area contributed by atoms with E-state index >= 15 is 0 Å². The highest BCUT2D eigenvalue weighted by molar-refractivity contribution is 6.06. The molecule has 3 aliphatic rings. The molecule has 0 aromatic heterocycles. The second-order valence-electron chi connectivity index (χ2n) is 4.09. The topological polar surface area (TPSA) is 47.9 Å². The van der Waals surface area contributed by atoms with Gasteiger partial charge in [0.1, 0.15) is 12.4 Å². The van der Waals surface area contributed by atoms with Gasteiger partial charge in [-0.2, -0.15) is 0 Å². The van der Waals surface area contributed by atoms with Crippen LogP contribution in [0, 0.1) is 0 Å². The Bertz CT molecular complexity index is 295. The molecular formula is C9H14N4O. The van der Waals surface area contributed by atoms with E-state index in [0.29, 0.717) is 12.6 Å². The molecule has 2 fully saturated rings. The average molecular weight is 194 g/mol. The molecule has 5 nitrogen and oxygen atoms in total. The van der Waals surface area contributed by atoms with Gasteiger partial charge in [0.2, 0.25) is 0 Å². The van der Waals surface area contributed by atoms with Gasteiger partial charge in [0.15, 0.2) is 0 Å². The molecule has 1 amide bonds. The van der Waals surface area contributed by atoms with Crippen LogP contribution in [-0.2, 0) is 4.79 Å². The highest BCUT2D eigenvalue weighted by Crippen LogP contribution is 2.18. The van der Waals surface area contributed by atoms with Crippen molar-refractivity contribution in [3.63, 3.8) is 0 Å². The number of hydrogen-bond donors (Lipinski definition) is 1. The Hall–Kier alpha value is -0.940. The molecule has 2 saturated heterocycles. The number of amides is 1. The van der Waals surface area contributed by atoms with Crippen molar-refractivity contribution < 1.29 is 4.79 Å². The minimum Gasteiger partial charge on any atom is -0.315 e. The molecule has 0 spiro atoms. The number of carbonyl (C=O) groups excluding carboxylic acids is 1. The standard InChI is InChI=1S/C9H14N4O/c14-9-4-11-8-5-12(6-13(8)9)7-1-2-10-3-7/h7,10H,1-6H2. The number of rotatable bonds is 1. The molecular weight excluding hydrogens is 180 g/mol. The molecule has 0 saturated carbocycles. The molecule has 0 bridgehead atoms. The Balaban J connectivity index is 1.72. The highest BCUT2D eigenvalue weighted by Gasteiger charge is 2.37. The third-order valence-corrected chi connectivity index (χ3v) is 3.23. The van der Waals surface area contributed by atoms with E-state index in [1.807, 2.05) is 4.90 Å². The summed E-state index contributed by atoms with van der Waals surface area (Å²) < 4.78 is 0. The lowest BCUT2D eigenvalue weighted by Crippen LogP contribution is -2.37. The highest BCUT2D eigenvalue weighted by atomic mass is 16.2. The fraction of sp³-hybridized carbons (Fsp3) is 0.778. The number of amidine groups is 1. The Morgan fingerprint density at radius 2 is 2.43 bits per heavy atom. The van der Waals surface area contributed by atoms with E-state index in [2.05, 4.69) is 15.2 Å². The quantitative estimate of drug-likeness (QED) is 0.574. The monoisotopic (exact) mass is 194 g/mol. The van der Waals surface area contributed by atoms with E-state index in [4.69, 9.17) is 0 Å². The minimum absolute atomic E-state index is 0.161. The van der Waals surface area contributed by atoms with Crippen molar-refractivity contribution in [1.82, 2.24) is 15.1 Å². The summed E-state index contributed by atoms with van der Waals surface area (Å²) in [4.78, 5) is 19.8. The molecule has 3 heterocycles. The van der Waals surface area contributed by atoms with E-state index in [-0.39, 0.29) is 5.91 Å². The van der Waals surface area contributed by atoms with Crippen LogP contribution in [0.2, 0.25) is 0 Å². The first-order valence-corrected chi connectivity index (χ1v) is 5.13. The summed E-state index contributed by atoms with van der Waals surface area (Å²) >= 11 is 0. The first-order valence-electron chi connectivity index (χ1n) is 5.13. The van der Waals surface area contributed by atoms with Crippen molar-refractivity contribution in [2.24, 2.45) is 4.99 Å². The first-order chi connectivity index (χ1) is 6.84. The van der Waals surface area contributed by atoms with Crippen molar-refractivity contribution in [3.8, 4) is 0 Å². The van der Waals surface area contributed by atoms with Crippen molar-refractivity contribution in [3.05, 3.63) is 0 Å². The molecule has 5 heteroatoms. The van der Waals surface area contributed by atoms with Crippen LogP contribution in [0.5, 0.6) is 0 Å². The van der Waals surface area contributed by atoms with E-state index in [1.165, 1.54) is 6.42 Å². The van der Waals surface area contributed by atoms with Crippen LogP contribution in [0.25, 0.3) is 0 Å². The zero-order valence-electron chi connectivity index (χ0n) is 8.07. The number of hydrogen-bond acceptors (Lipinski definition) is 4. The third kappa shape index (κ3) is 1.16. The van der Waals surface area contributed by atoms with Gasteiger partial charge in [-0.05, 0) is 13.0 Å². The number of carbonyl (C=O) groups is 1. The van der Waals surface area contributed by atoms with Gasteiger partial charge in [-0.25, -0.2) is 0 Å². The molecule has 76 valence electrons. The third-order valence-electron chi connectivity index (χ3n) is 3.23. The van der Waals surface area contributed by atoms with Gasteiger partial charge >= 0.3 is 0 Å². The Kier molecular flexibility index (Phi) is 1.81. The average Bonchev–Trinajstić information content (AvgIpc) is 2.83. The summed E-state index contributed by atoms with van der Waals surface area (Å²) in [6.45, 7) is 4.13. The van der Waals surface area contributed by atoms with E-state index in [1.54, 1.807) is 0 Å². The fourth-order valence-electron chi connectivity index (χ4n) is 2.38. The summed E-state index contributed by atoms with van der Waals surface area (Å²) in [6.07, 6.45) is 1.19. The summed E-state index contributed by atoms with van der Waals surface area (Å²) in [5.74, 6) is 1.13.